The molecule has 2 rings (SSSR count). The highest BCUT2D eigenvalue weighted by molar-refractivity contribution is 7.14. The number of ether oxygens (including phenoxy) is 2. The second-order valence-corrected chi connectivity index (χ2v) is 6.34. The summed E-state index contributed by atoms with van der Waals surface area (Å²) in [5.41, 5.74) is 3.43. The zero-order valence-electron chi connectivity index (χ0n) is 12.3. The van der Waals surface area contributed by atoms with Crippen LogP contribution in [0.25, 0.3) is 0 Å². The van der Waals surface area contributed by atoms with E-state index in [1.807, 2.05) is 12.1 Å². The van der Waals surface area contributed by atoms with Crippen molar-refractivity contribution in [3.8, 4) is 0 Å². The van der Waals surface area contributed by atoms with Crippen molar-refractivity contribution < 1.29 is 9.47 Å². The monoisotopic (exact) mass is 325 g/mol. The normalized spacial score (nSPS) is 12.3. The summed E-state index contributed by atoms with van der Waals surface area (Å²) in [6.07, 6.45) is 0. The number of rotatable bonds is 8. The van der Waals surface area contributed by atoms with Gasteiger partial charge < -0.3 is 14.8 Å². The predicted molar refractivity (Wildman–Crippen MR) is 89.3 cm³/mol. The third-order valence-electron chi connectivity index (χ3n) is 3.10. The molecule has 1 aromatic heterocycles. The first-order valence-electron chi connectivity index (χ1n) is 6.85. The van der Waals surface area contributed by atoms with Crippen molar-refractivity contribution in [1.82, 2.24) is 0 Å². The van der Waals surface area contributed by atoms with Crippen molar-refractivity contribution in [1.29, 1.82) is 0 Å². The average molecular weight is 326 g/mol. The Labute approximate surface area is 134 Å². The van der Waals surface area contributed by atoms with Crippen molar-refractivity contribution in [3.05, 3.63) is 51.2 Å². The zero-order chi connectivity index (χ0) is 15.1. The van der Waals surface area contributed by atoms with Gasteiger partial charge in [-0.25, -0.2) is 0 Å². The molecule has 21 heavy (non-hydrogen) atoms. The van der Waals surface area contributed by atoms with Crippen molar-refractivity contribution in [2.45, 2.75) is 19.6 Å². The van der Waals surface area contributed by atoms with E-state index in [9.17, 15) is 0 Å². The van der Waals surface area contributed by atoms with Gasteiger partial charge in [0, 0.05) is 18.8 Å². The van der Waals surface area contributed by atoms with Crippen LogP contribution in [0, 0.1) is 0 Å². The summed E-state index contributed by atoms with van der Waals surface area (Å²) < 4.78 is 11.3. The van der Waals surface area contributed by atoms with E-state index in [1.165, 1.54) is 5.56 Å². The highest BCUT2D eigenvalue weighted by Crippen LogP contribution is 2.27. The number of hydrogen-bond acceptors (Lipinski definition) is 4. The molecule has 0 spiro atoms. The van der Waals surface area contributed by atoms with E-state index in [0.717, 1.165) is 15.6 Å². The first-order valence-corrected chi connectivity index (χ1v) is 8.11. The summed E-state index contributed by atoms with van der Waals surface area (Å²) >= 11 is 7.54. The van der Waals surface area contributed by atoms with Gasteiger partial charge in [-0.15, -0.1) is 11.3 Å². The lowest BCUT2D eigenvalue weighted by molar-refractivity contribution is 0.0617. The Morgan fingerprint density at radius 3 is 2.86 bits per heavy atom. The molecule has 1 heterocycles. The van der Waals surface area contributed by atoms with Crippen LogP contribution in [0.1, 0.15) is 24.1 Å². The number of methoxy groups -OCH3 is 1. The Bertz CT molecular complexity index is 559. The van der Waals surface area contributed by atoms with Crippen LogP contribution in [0.4, 0.5) is 5.69 Å². The predicted octanol–water partition coefficient (Wildman–Crippen LogP) is 4.74. The van der Waals surface area contributed by atoms with Crippen LogP contribution in [0.3, 0.4) is 0 Å². The lowest BCUT2D eigenvalue weighted by Crippen LogP contribution is -2.06. The molecule has 1 aromatic carbocycles. The summed E-state index contributed by atoms with van der Waals surface area (Å²) in [5.74, 6) is 0. The Hall–Kier alpha value is -1.07. The Balaban J connectivity index is 1.91. The molecule has 0 aliphatic carbocycles. The molecule has 1 N–H and O–H groups in total. The fourth-order valence-corrected chi connectivity index (χ4v) is 2.95. The summed E-state index contributed by atoms with van der Waals surface area (Å²) in [5, 5.41) is 5.56. The first kappa shape index (κ1) is 16.3. The third-order valence-corrected chi connectivity index (χ3v) is 4.21. The van der Waals surface area contributed by atoms with E-state index in [-0.39, 0.29) is 6.04 Å². The molecule has 0 saturated heterocycles. The van der Waals surface area contributed by atoms with E-state index < -0.39 is 0 Å². The number of halogens is 1. The minimum absolute atomic E-state index is 0.221. The number of hydrogen-bond donors (Lipinski definition) is 1. The topological polar surface area (TPSA) is 30.5 Å². The Morgan fingerprint density at radius 1 is 1.29 bits per heavy atom. The second kappa shape index (κ2) is 8.39. The van der Waals surface area contributed by atoms with Crippen molar-refractivity contribution in [2.75, 3.05) is 25.6 Å². The summed E-state index contributed by atoms with van der Waals surface area (Å²) in [6.45, 7) is 3.95. The molecule has 5 heteroatoms. The molecule has 1 atom stereocenters. The van der Waals surface area contributed by atoms with Gasteiger partial charge >= 0.3 is 0 Å². The number of nitrogens with one attached hydrogen (secondary N) is 1. The molecule has 114 valence electrons. The van der Waals surface area contributed by atoms with Crippen LogP contribution in [-0.2, 0) is 16.1 Å². The van der Waals surface area contributed by atoms with E-state index in [2.05, 4.69) is 35.8 Å². The SMILES string of the molecule is COCCOCc1cccc(NC(C)c2csc(Cl)c2)c1. The van der Waals surface area contributed by atoms with Gasteiger partial charge in [-0.2, -0.15) is 0 Å². The summed E-state index contributed by atoms with van der Waals surface area (Å²) in [6, 6.07) is 10.5. The van der Waals surface area contributed by atoms with Gasteiger partial charge in [0.2, 0.25) is 0 Å². The van der Waals surface area contributed by atoms with Gasteiger partial charge in [0.25, 0.3) is 0 Å². The maximum absolute atomic E-state index is 5.98. The van der Waals surface area contributed by atoms with Gasteiger partial charge in [0.15, 0.2) is 0 Å². The maximum Gasteiger partial charge on any atom is 0.0931 e. The third kappa shape index (κ3) is 5.32. The molecular weight excluding hydrogens is 306 g/mol. The fraction of sp³-hybridized carbons (Fsp3) is 0.375. The van der Waals surface area contributed by atoms with Crippen LogP contribution in [0.2, 0.25) is 4.34 Å². The van der Waals surface area contributed by atoms with E-state index in [4.69, 9.17) is 21.1 Å². The molecule has 0 aliphatic heterocycles. The van der Waals surface area contributed by atoms with Crippen molar-refractivity contribution >= 4 is 28.6 Å². The highest BCUT2D eigenvalue weighted by atomic mass is 35.5. The number of anilines is 1. The van der Waals surface area contributed by atoms with Crippen LogP contribution >= 0.6 is 22.9 Å². The van der Waals surface area contributed by atoms with Crippen molar-refractivity contribution in [3.63, 3.8) is 0 Å². The van der Waals surface area contributed by atoms with Gasteiger partial charge in [0.05, 0.1) is 24.2 Å². The molecule has 0 bridgehead atoms. The summed E-state index contributed by atoms with van der Waals surface area (Å²) in [7, 11) is 1.67. The number of benzene rings is 1. The quantitative estimate of drug-likeness (QED) is 0.711. The molecule has 0 fully saturated rings. The Kier molecular flexibility index (Phi) is 6.51. The minimum Gasteiger partial charge on any atom is -0.382 e. The van der Waals surface area contributed by atoms with Crippen LogP contribution < -0.4 is 5.32 Å². The standard InChI is InChI=1S/C16H20ClNO2S/c1-12(14-9-16(17)21-11-14)18-15-5-3-4-13(8-15)10-20-7-6-19-2/h3-5,8-9,11-12,18H,6-7,10H2,1-2H3. The highest BCUT2D eigenvalue weighted by Gasteiger charge is 2.07. The smallest absolute Gasteiger partial charge is 0.0931 e. The first-order chi connectivity index (χ1) is 10.2. The molecule has 0 radical (unpaired) electrons. The lowest BCUT2D eigenvalue weighted by Gasteiger charge is -2.15. The Morgan fingerprint density at radius 2 is 2.14 bits per heavy atom. The molecule has 1 unspecified atom stereocenters. The minimum atomic E-state index is 0.221. The summed E-state index contributed by atoms with van der Waals surface area (Å²) in [4.78, 5) is 0. The number of thiophene rings is 1. The molecular formula is C16H20ClNO2S. The zero-order valence-corrected chi connectivity index (χ0v) is 13.8. The molecule has 2 aromatic rings. The molecule has 0 saturated carbocycles. The maximum atomic E-state index is 5.98. The van der Waals surface area contributed by atoms with Crippen LogP contribution in [-0.4, -0.2) is 20.3 Å². The lowest BCUT2D eigenvalue weighted by atomic mass is 10.1. The van der Waals surface area contributed by atoms with Crippen molar-refractivity contribution in [2.24, 2.45) is 0 Å². The average Bonchev–Trinajstić information content (AvgIpc) is 2.91. The van der Waals surface area contributed by atoms with Gasteiger partial charge in [0.1, 0.15) is 0 Å². The van der Waals surface area contributed by atoms with E-state index in [0.29, 0.717) is 19.8 Å². The fourth-order valence-electron chi connectivity index (χ4n) is 1.97. The molecule has 3 nitrogen and oxygen atoms in total. The van der Waals surface area contributed by atoms with E-state index >= 15 is 0 Å². The van der Waals surface area contributed by atoms with E-state index in [1.54, 1.807) is 18.4 Å². The second-order valence-electron chi connectivity index (χ2n) is 4.80. The molecule has 0 aliphatic rings. The van der Waals surface area contributed by atoms with Gasteiger partial charge in [-0.05, 0) is 41.6 Å². The molecule has 0 amide bonds. The largest absolute Gasteiger partial charge is 0.382 e. The van der Waals surface area contributed by atoms with Crippen LogP contribution in [0.5, 0.6) is 0 Å². The van der Waals surface area contributed by atoms with Gasteiger partial charge in [-0.1, -0.05) is 23.7 Å². The van der Waals surface area contributed by atoms with Crippen LogP contribution in [0.15, 0.2) is 35.7 Å². The van der Waals surface area contributed by atoms with Gasteiger partial charge in [-0.3, -0.25) is 0 Å².